The highest BCUT2D eigenvalue weighted by molar-refractivity contribution is 14.1. The van der Waals surface area contributed by atoms with Crippen LogP contribution in [-0.4, -0.2) is 14.8 Å². The highest BCUT2D eigenvalue weighted by atomic mass is 127. The Morgan fingerprint density at radius 2 is 1.94 bits per heavy atom. The summed E-state index contributed by atoms with van der Waals surface area (Å²) in [7, 11) is 0.599. The standard InChI is InChI=1S/C8H2ClF3INO3S/c9-18(15,16)7-5(13)1-4(3-14)2-6(7)17-8(10,11)12/h1-2H. The minimum Gasteiger partial charge on any atom is -0.404 e. The molecule has 0 aliphatic rings. The second-order valence-electron chi connectivity index (χ2n) is 2.88. The topological polar surface area (TPSA) is 67.2 Å². The van der Waals surface area contributed by atoms with Gasteiger partial charge in [0, 0.05) is 14.3 Å². The number of nitrogens with zero attached hydrogens (tertiary/aromatic N) is 1. The van der Waals surface area contributed by atoms with E-state index in [1.165, 1.54) is 22.6 Å². The summed E-state index contributed by atoms with van der Waals surface area (Å²) < 4.78 is 62.2. The van der Waals surface area contributed by atoms with Crippen LogP contribution in [0, 0.1) is 14.9 Å². The van der Waals surface area contributed by atoms with E-state index in [4.69, 9.17) is 15.9 Å². The monoisotopic (exact) mass is 411 g/mol. The maximum atomic E-state index is 12.1. The lowest BCUT2D eigenvalue weighted by atomic mass is 10.2. The molecule has 0 spiro atoms. The van der Waals surface area contributed by atoms with Crippen molar-refractivity contribution in [2.24, 2.45) is 0 Å². The fourth-order valence-electron chi connectivity index (χ4n) is 1.07. The van der Waals surface area contributed by atoms with E-state index >= 15 is 0 Å². The summed E-state index contributed by atoms with van der Waals surface area (Å²) in [5.74, 6) is -1.03. The summed E-state index contributed by atoms with van der Waals surface area (Å²) in [4.78, 5) is -0.818. The molecule has 4 nitrogen and oxygen atoms in total. The van der Waals surface area contributed by atoms with Crippen LogP contribution < -0.4 is 4.74 Å². The van der Waals surface area contributed by atoms with Crippen molar-refractivity contribution in [2.45, 2.75) is 11.3 Å². The Balaban J connectivity index is 3.55. The molecule has 0 heterocycles. The normalized spacial score (nSPS) is 12.0. The van der Waals surface area contributed by atoms with E-state index in [1.807, 2.05) is 0 Å². The first kappa shape index (κ1) is 15.3. The molecule has 0 saturated heterocycles. The molecule has 0 aromatic heterocycles. The fourth-order valence-corrected chi connectivity index (χ4v) is 4.04. The molecule has 0 atom stereocenters. The van der Waals surface area contributed by atoms with Gasteiger partial charge in [0.25, 0.3) is 9.05 Å². The van der Waals surface area contributed by atoms with Crippen LogP contribution in [0.3, 0.4) is 0 Å². The van der Waals surface area contributed by atoms with E-state index in [0.29, 0.717) is 6.07 Å². The average Bonchev–Trinajstić information content (AvgIpc) is 2.11. The Morgan fingerprint density at radius 1 is 1.39 bits per heavy atom. The van der Waals surface area contributed by atoms with Gasteiger partial charge in [-0.3, -0.25) is 0 Å². The van der Waals surface area contributed by atoms with E-state index in [-0.39, 0.29) is 9.13 Å². The Morgan fingerprint density at radius 3 is 2.33 bits per heavy atom. The lowest BCUT2D eigenvalue weighted by molar-refractivity contribution is -0.275. The van der Waals surface area contributed by atoms with Crippen LogP contribution in [0.2, 0.25) is 0 Å². The molecular weight excluding hydrogens is 410 g/mol. The fraction of sp³-hybridized carbons (Fsp3) is 0.125. The molecule has 1 rings (SSSR count). The molecule has 0 radical (unpaired) electrons. The highest BCUT2D eigenvalue weighted by Crippen LogP contribution is 2.35. The predicted molar refractivity (Wildman–Crippen MR) is 63.6 cm³/mol. The molecular formula is C8H2ClF3INO3S. The van der Waals surface area contributed by atoms with E-state index in [2.05, 4.69) is 4.74 Å². The quantitative estimate of drug-likeness (QED) is 0.554. The van der Waals surface area contributed by atoms with Crippen molar-refractivity contribution in [2.75, 3.05) is 0 Å². The summed E-state index contributed by atoms with van der Waals surface area (Å²) in [5, 5.41) is 8.61. The summed E-state index contributed by atoms with van der Waals surface area (Å²) in [6.07, 6.45) is -5.09. The van der Waals surface area contributed by atoms with Gasteiger partial charge in [0.15, 0.2) is 5.75 Å². The van der Waals surface area contributed by atoms with Crippen LogP contribution >= 0.6 is 33.3 Å². The molecule has 0 aliphatic heterocycles. The van der Waals surface area contributed by atoms with Crippen LogP contribution in [0.5, 0.6) is 5.75 Å². The smallest absolute Gasteiger partial charge is 0.404 e. The maximum Gasteiger partial charge on any atom is 0.573 e. The number of nitriles is 1. The lowest BCUT2D eigenvalue weighted by Crippen LogP contribution is -2.19. The largest absolute Gasteiger partial charge is 0.573 e. The van der Waals surface area contributed by atoms with Crippen LogP contribution in [-0.2, 0) is 9.05 Å². The van der Waals surface area contributed by atoms with E-state index in [1.54, 1.807) is 6.07 Å². The molecule has 0 amide bonds. The molecule has 0 bridgehead atoms. The van der Waals surface area contributed by atoms with Crippen molar-refractivity contribution in [1.29, 1.82) is 5.26 Å². The Kier molecular flexibility index (Phi) is 4.34. The van der Waals surface area contributed by atoms with Gasteiger partial charge >= 0.3 is 6.36 Å². The van der Waals surface area contributed by atoms with Gasteiger partial charge in [-0.1, -0.05) is 0 Å². The van der Waals surface area contributed by atoms with E-state index < -0.39 is 26.1 Å². The van der Waals surface area contributed by atoms with Crippen LogP contribution in [0.25, 0.3) is 0 Å². The first-order chi connectivity index (χ1) is 8.04. The van der Waals surface area contributed by atoms with Gasteiger partial charge < -0.3 is 4.74 Å². The number of alkyl halides is 3. The molecule has 0 unspecified atom stereocenters. The number of ether oxygens (including phenoxy) is 1. The molecule has 1 aromatic rings. The summed E-state index contributed by atoms with van der Waals surface area (Å²) in [6.45, 7) is 0. The van der Waals surface area contributed by atoms with Crippen LogP contribution in [0.4, 0.5) is 13.2 Å². The third-order valence-corrected chi connectivity index (χ3v) is 4.20. The molecule has 0 aliphatic carbocycles. The zero-order valence-electron chi connectivity index (χ0n) is 8.12. The summed E-state index contributed by atoms with van der Waals surface area (Å²) in [6, 6.07) is 3.32. The van der Waals surface area contributed by atoms with Gasteiger partial charge in [-0.15, -0.1) is 13.2 Å². The van der Waals surface area contributed by atoms with Crippen molar-refractivity contribution in [3.63, 3.8) is 0 Å². The molecule has 0 fully saturated rings. The van der Waals surface area contributed by atoms with Crippen LogP contribution in [0.1, 0.15) is 5.56 Å². The molecule has 18 heavy (non-hydrogen) atoms. The van der Waals surface area contributed by atoms with Gasteiger partial charge in [-0.25, -0.2) is 8.42 Å². The zero-order chi connectivity index (χ0) is 14.1. The molecule has 98 valence electrons. The molecule has 0 N–H and O–H groups in total. The molecule has 10 heteroatoms. The highest BCUT2D eigenvalue weighted by Gasteiger charge is 2.35. The minimum atomic E-state index is -5.09. The average molecular weight is 412 g/mol. The summed E-state index contributed by atoms with van der Waals surface area (Å²) in [5.41, 5.74) is -0.178. The number of benzene rings is 1. The summed E-state index contributed by atoms with van der Waals surface area (Å²) >= 11 is 1.45. The second kappa shape index (κ2) is 5.10. The van der Waals surface area contributed by atoms with Gasteiger partial charge in [0.1, 0.15) is 4.90 Å². The Labute approximate surface area is 118 Å². The predicted octanol–water partition coefficient (Wildman–Crippen LogP) is 2.99. The van der Waals surface area contributed by atoms with Gasteiger partial charge in [-0.2, -0.15) is 5.26 Å². The van der Waals surface area contributed by atoms with Gasteiger partial charge in [0.2, 0.25) is 0 Å². The van der Waals surface area contributed by atoms with Crippen molar-refractivity contribution in [3.05, 3.63) is 21.3 Å². The molecule has 0 saturated carbocycles. The third-order valence-electron chi connectivity index (χ3n) is 1.61. The number of halogens is 5. The third kappa shape index (κ3) is 3.89. The van der Waals surface area contributed by atoms with Gasteiger partial charge in [-0.05, 0) is 34.7 Å². The van der Waals surface area contributed by atoms with Gasteiger partial charge in [0.05, 0.1) is 11.6 Å². The Hall–Kier alpha value is -0.730. The minimum absolute atomic E-state index is 0.138. The van der Waals surface area contributed by atoms with Crippen LogP contribution in [0.15, 0.2) is 17.0 Å². The first-order valence-corrected chi connectivity index (χ1v) is 7.37. The second-order valence-corrected chi connectivity index (χ2v) is 6.55. The lowest BCUT2D eigenvalue weighted by Gasteiger charge is -2.13. The molecule has 1 aromatic carbocycles. The Bertz CT molecular complexity index is 624. The van der Waals surface area contributed by atoms with E-state index in [9.17, 15) is 21.6 Å². The van der Waals surface area contributed by atoms with Crippen molar-refractivity contribution in [1.82, 2.24) is 0 Å². The van der Waals surface area contributed by atoms with Crippen molar-refractivity contribution in [3.8, 4) is 11.8 Å². The van der Waals surface area contributed by atoms with E-state index in [0.717, 1.165) is 6.07 Å². The first-order valence-electron chi connectivity index (χ1n) is 3.98. The number of hydrogen-bond acceptors (Lipinski definition) is 4. The zero-order valence-corrected chi connectivity index (χ0v) is 11.9. The number of rotatable bonds is 2. The number of hydrogen-bond donors (Lipinski definition) is 0. The van der Waals surface area contributed by atoms with Crippen molar-refractivity contribution < 1.29 is 26.3 Å². The maximum absolute atomic E-state index is 12.1. The SMILES string of the molecule is N#Cc1cc(I)c(S(=O)(=O)Cl)c(OC(F)(F)F)c1. The van der Waals surface area contributed by atoms with Crippen molar-refractivity contribution >= 4 is 42.3 Å².